The van der Waals surface area contributed by atoms with Crippen LogP contribution in [0.4, 0.5) is 11.4 Å². The van der Waals surface area contributed by atoms with Crippen LogP contribution in [0.5, 0.6) is 0 Å². The number of nitrogens with zero attached hydrogens (tertiary/aromatic N) is 4. The van der Waals surface area contributed by atoms with Gasteiger partial charge in [0.2, 0.25) is 0 Å². The fourth-order valence-electron chi connectivity index (χ4n) is 2.45. The van der Waals surface area contributed by atoms with Crippen molar-refractivity contribution in [3.63, 3.8) is 0 Å². The summed E-state index contributed by atoms with van der Waals surface area (Å²) in [5, 5.41) is 7.86. The normalized spacial score (nSPS) is 13.1. The lowest BCUT2D eigenvalue weighted by Crippen LogP contribution is -2.40. The molecule has 6 nitrogen and oxygen atoms in total. The predicted octanol–water partition coefficient (Wildman–Crippen LogP) is 1.58. The summed E-state index contributed by atoms with van der Waals surface area (Å²) in [7, 11) is 4.14. The zero-order valence-corrected chi connectivity index (χ0v) is 11.9. The molecular formula is C13H21N5O. The zero-order chi connectivity index (χ0) is 14.0. The molecular weight excluding hydrogens is 242 g/mol. The number of nitrogens with two attached hydrogens (primary N) is 1. The van der Waals surface area contributed by atoms with E-state index in [1.165, 1.54) is 0 Å². The minimum Gasteiger partial charge on any atom is -0.397 e. The second-order valence-corrected chi connectivity index (χ2v) is 5.03. The van der Waals surface area contributed by atoms with Gasteiger partial charge in [-0.2, -0.15) is 0 Å². The first-order chi connectivity index (χ1) is 9.04. The van der Waals surface area contributed by atoms with Crippen LogP contribution in [0.15, 0.2) is 16.8 Å². The van der Waals surface area contributed by atoms with Crippen LogP contribution in [0, 0.1) is 0 Å². The largest absolute Gasteiger partial charge is 0.397 e. The molecule has 0 amide bonds. The lowest BCUT2D eigenvalue weighted by atomic mass is 10.1. The number of hydrogen-bond acceptors (Lipinski definition) is 6. The Morgan fingerprint density at radius 2 is 1.95 bits per heavy atom. The maximum absolute atomic E-state index is 5.88. The van der Waals surface area contributed by atoms with Crippen molar-refractivity contribution in [1.82, 2.24) is 15.2 Å². The Balaban J connectivity index is 2.41. The van der Waals surface area contributed by atoms with Gasteiger partial charge in [-0.05, 0) is 50.4 Å². The molecule has 1 heterocycles. The van der Waals surface area contributed by atoms with Crippen molar-refractivity contribution in [3.05, 3.63) is 12.1 Å². The van der Waals surface area contributed by atoms with E-state index in [-0.39, 0.29) is 0 Å². The highest BCUT2D eigenvalue weighted by Crippen LogP contribution is 2.29. The lowest BCUT2D eigenvalue weighted by Gasteiger charge is -2.32. The van der Waals surface area contributed by atoms with E-state index in [1.807, 2.05) is 12.1 Å². The Kier molecular flexibility index (Phi) is 3.90. The van der Waals surface area contributed by atoms with Crippen molar-refractivity contribution in [2.75, 3.05) is 37.8 Å². The molecule has 19 heavy (non-hydrogen) atoms. The fourth-order valence-corrected chi connectivity index (χ4v) is 2.45. The summed E-state index contributed by atoms with van der Waals surface area (Å²) in [6, 6.07) is 4.20. The van der Waals surface area contributed by atoms with Crippen molar-refractivity contribution in [2.24, 2.45) is 0 Å². The van der Waals surface area contributed by atoms with Gasteiger partial charge < -0.3 is 15.5 Å². The van der Waals surface area contributed by atoms with E-state index in [0.29, 0.717) is 17.2 Å². The summed E-state index contributed by atoms with van der Waals surface area (Å²) < 4.78 is 4.82. The van der Waals surface area contributed by atoms with Crippen LogP contribution >= 0.6 is 0 Å². The Morgan fingerprint density at radius 3 is 2.58 bits per heavy atom. The smallest absolute Gasteiger partial charge is 0.160 e. The Hall–Kier alpha value is -1.82. The van der Waals surface area contributed by atoms with Gasteiger partial charge in [-0.1, -0.05) is 0 Å². The molecule has 1 atom stereocenters. The highest BCUT2D eigenvalue weighted by molar-refractivity contribution is 5.95. The third-order valence-corrected chi connectivity index (χ3v) is 3.24. The van der Waals surface area contributed by atoms with Gasteiger partial charge in [0.25, 0.3) is 0 Å². The first-order valence-corrected chi connectivity index (χ1v) is 6.46. The number of likely N-dealkylation sites (N-methyl/N-ethyl adjacent to an activating group) is 2. The van der Waals surface area contributed by atoms with E-state index in [1.54, 1.807) is 0 Å². The molecule has 2 rings (SSSR count). The van der Waals surface area contributed by atoms with Crippen molar-refractivity contribution in [3.8, 4) is 0 Å². The van der Waals surface area contributed by atoms with Gasteiger partial charge >= 0.3 is 0 Å². The second kappa shape index (κ2) is 5.44. The van der Waals surface area contributed by atoms with Crippen molar-refractivity contribution >= 4 is 22.4 Å². The van der Waals surface area contributed by atoms with Crippen LogP contribution in [-0.4, -0.2) is 48.4 Å². The standard InChI is InChI=1S/C13H21N5O/c1-5-18(9(2)8-17(3)4)11-7-6-10(14)12-13(11)16-19-15-12/h6-7,9H,5,8,14H2,1-4H3. The van der Waals surface area contributed by atoms with Gasteiger partial charge in [0.05, 0.1) is 11.4 Å². The van der Waals surface area contributed by atoms with E-state index in [9.17, 15) is 0 Å². The van der Waals surface area contributed by atoms with Crippen LogP contribution in [0.2, 0.25) is 0 Å². The summed E-state index contributed by atoms with van der Waals surface area (Å²) in [5.74, 6) is 0. The van der Waals surface area contributed by atoms with E-state index < -0.39 is 0 Å². The molecule has 1 aromatic heterocycles. The molecule has 1 unspecified atom stereocenters. The molecule has 0 bridgehead atoms. The zero-order valence-electron chi connectivity index (χ0n) is 11.9. The molecule has 1 aromatic carbocycles. The molecule has 0 aliphatic rings. The molecule has 2 aromatic rings. The molecule has 0 spiro atoms. The maximum Gasteiger partial charge on any atom is 0.160 e. The molecule has 0 saturated heterocycles. The Bertz CT molecular complexity index is 551. The number of anilines is 2. The van der Waals surface area contributed by atoms with Crippen molar-refractivity contribution < 1.29 is 4.63 Å². The average Bonchev–Trinajstić information content (AvgIpc) is 2.82. The third kappa shape index (κ3) is 2.63. The van der Waals surface area contributed by atoms with Gasteiger partial charge in [0.15, 0.2) is 11.0 Å². The average molecular weight is 263 g/mol. The molecule has 0 fully saturated rings. The molecule has 2 N–H and O–H groups in total. The molecule has 0 saturated carbocycles. The number of benzene rings is 1. The summed E-state index contributed by atoms with van der Waals surface area (Å²) >= 11 is 0. The summed E-state index contributed by atoms with van der Waals surface area (Å²) in [5.41, 5.74) is 8.85. The third-order valence-electron chi connectivity index (χ3n) is 3.24. The SMILES string of the molecule is CCN(c1ccc(N)c2nonc12)C(C)CN(C)C. The summed E-state index contributed by atoms with van der Waals surface area (Å²) in [6.45, 7) is 6.17. The van der Waals surface area contributed by atoms with Gasteiger partial charge in [0, 0.05) is 19.1 Å². The Morgan fingerprint density at radius 1 is 1.26 bits per heavy atom. The monoisotopic (exact) mass is 263 g/mol. The second-order valence-electron chi connectivity index (χ2n) is 5.03. The fraction of sp³-hybridized carbons (Fsp3) is 0.538. The van der Waals surface area contributed by atoms with Gasteiger partial charge in [0.1, 0.15) is 0 Å². The van der Waals surface area contributed by atoms with Crippen LogP contribution in [0.3, 0.4) is 0 Å². The molecule has 0 radical (unpaired) electrons. The van der Waals surface area contributed by atoms with E-state index in [4.69, 9.17) is 10.4 Å². The van der Waals surface area contributed by atoms with Gasteiger partial charge in [-0.3, -0.25) is 0 Å². The molecule has 0 aliphatic carbocycles. The lowest BCUT2D eigenvalue weighted by molar-refractivity contribution is 0.315. The number of rotatable bonds is 5. The highest BCUT2D eigenvalue weighted by Gasteiger charge is 2.19. The van der Waals surface area contributed by atoms with E-state index in [2.05, 4.69) is 48.1 Å². The van der Waals surface area contributed by atoms with Crippen LogP contribution in [0.1, 0.15) is 13.8 Å². The Labute approximate surface area is 113 Å². The summed E-state index contributed by atoms with van der Waals surface area (Å²) in [6.07, 6.45) is 0. The number of fused-ring (bicyclic) bond motifs is 1. The van der Waals surface area contributed by atoms with Crippen molar-refractivity contribution in [1.29, 1.82) is 0 Å². The van der Waals surface area contributed by atoms with Crippen LogP contribution < -0.4 is 10.6 Å². The first-order valence-electron chi connectivity index (χ1n) is 6.46. The minimum atomic E-state index is 0.364. The van der Waals surface area contributed by atoms with E-state index in [0.717, 1.165) is 24.3 Å². The van der Waals surface area contributed by atoms with Gasteiger partial charge in [-0.15, -0.1) is 0 Å². The number of hydrogen-bond donors (Lipinski definition) is 1. The molecule has 0 aliphatic heterocycles. The van der Waals surface area contributed by atoms with Crippen molar-refractivity contribution in [2.45, 2.75) is 19.9 Å². The molecule has 104 valence electrons. The summed E-state index contributed by atoms with van der Waals surface area (Å²) in [4.78, 5) is 4.45. The quantitative estimate of drug-likeness (QED) is 0.826. The number of aromatic nitrogens is 2. The minimum absolute atomic E-state index is 0.364. The highest BCUT2D eigenvalue weighted by atomic mass is 16.6. The van der Waals surface area contributed by atoms with E-state index >= 15 is 0 Å². The predicted molar refractivity (Wildman–Crippen MR) is 77.3 cm³/mol. The molecule has 6 heteroatoms. The van der Waals surface area contributed by atoms with Crippen LogP contribution in [-0.2, 0) is 0 Å². The van der Waals surface area contributed by atoms with Crippen LogP contribution in [0.25, 0.3) is 11.0 Å². The topological polar surface area (TPSA) is 71.4 Å². The number of nitrogen functional groups attached to an aromatic ring is 1. The maximum atomic E-state index is 5.88. The first kappa shape index (κ1) is 13.6. The van der Waals surface area contributed by atoms with Gasteiger partial charge in [-0.25, -0.2) is 4.63 Å².